The summed E-state index contributed by atoms with van der Waals surface area (Å²) in [5.74, 6) is 0.209. The quantitative estimate of drug-likeness (QED) is 0.672. The second kappa shape index (κ2) is 4.77. The topological polar surface area (TPSA) is 43.4 Å². The van der Waals surface area contributed by atoms with E-state index in [0.717, 1.165) is 19.3 Å². The number of Topliss-reactive ketones (excluding diaryl/α,β-unsaturated/α-hetero) is 1. The first-order valence-electron chi connectivity index (χ1n) is 5.67. The normalized spacial score (nSPS) is 30.2. The lowest BCUT2D eigenvalue weighted by Crippen LogP contribution is -2.31. The minimum absolute atomic E-state index is 0.170. The summed E-state index contributed by atoms with van der Waals surface area (Å²) in [4.78, 5) is 22.9. The van der Waals surface area contributed by atoms with Crippen LogP contribution in [0.4, 0.5) is 0 Å². The predicted molar refractivity (Wildman–Crippen MR) is 57.4 cm³/mol. The highest BCUT2D eigenvalue weighted by Crippen LogP contribution is 2.45. The van der Waals surface area contributed by atoms with E-state index in [1.54, 1.807) is 13.8 Å². The van der Waals surface area contributed by atoms with E-state index in [1.165, 1.54) is 0 Å². The lowest BCUT2D eigenvalue weighted by atomic mass is 9.75. The van der Waals surface area contributed by atoms with Crippen LogP contribution in [0.25, 0.3) is 0 Å². The van der Waals surface area contributed by atoms with Crippen LogP contribution < -0.4 is 0 Å². The van der Waals surface area contributed by atoms with Gasteiger partial charge in [0, 0.05) is 11.8 Å². The summed E-state index contributed by atoms with van der Waals surface area (Å²) in [6, 6.07) is 0. The summed E-state index contributed by atoms with van der Waals surface area (Å²) < 4.78 is 4.93. The molecule has 2 atom stereocenters. The molecular formula is C12H20O3. The molecule has 0 radical (unpaired) electrons. The smallest absolute Gasteiger partial charge is 0.306 e. The average Bonchev–Trinajstić information content (AvgIpc) is 2.50. The van der Waals surface area contributed by atoms with E-state index in [2.05, 4.69) is 0 Å². The molecule has 0 aromatic carbocycles. The van der Waals surface area contributed by atoms with Gasteiger partial charge in [0.25, 0.3) is 0 Å². The largest absolute Gasteiger partial charge is 0.466 e. The number of carbonyl (C=O) groups excluding carboxylic acids is 2. The zero-order chi connectivity index (χ0) is 11.5. The summed E-state index contributed by atoms with van der Waals surface area (Å²) in [5.41, 5.74) is -0.299. The second-order valence-electron chi connectivity index (χ2n) is 4.57. The molecule has 1 aliphatic carbocycles. The first-order chi connectivity index (χ1) is 7.00. The molecule has 0 aromatic rings. The van der Waals surface area contributed by atoms with Crippen molar-refractivity contribution in [3.63, 3.8) is 0 Å². The Kier molecular flexibility index (Phi) is 3.89. The monoisotopic (exact) mass is 212 g/mol. The zero-order valence-electron chi connectivity index (χ0n) is 9.84. The Bertz CT molecular complexity index is 260. The van der Waals surface area contributed by atoms with E-state index >= 15 is 0 Å². The summed E-state index contributed by atoms with van der Waals surface area (Å²) >= 11 is 0. The Balaban J connectivity index is 2.61. The number of ether oxygens (including phenoxy) is 1. The van der Waals surface area contributed by atoms with Crippen LogP contribution in [-0.2, 0) is 14.3 Å². The Morgan fingerprint density at radius 1 is 1.47 bits per heavy atom. The van der Waals surface area contributed by atoms with Crippen molar-refractivity contribution in [1.82, 2.24) is 0 Å². The standard InChI is InChI=1S/C12H20O3/c1-4-15-11(14)8-10-6-5-7-12(10,3)9(2)13/h10H,4-8H2,1-3H3/t10-,12-/m1/s1. The lowest BCUT2D eigenvalue weighted by Gasteiger charge is -2.28. The van der Waals surface area contributed by atoms with Gasteiger partial charge in [0.1, 0.15) is 5.78 Å². The molecular weight excluding hydrogens is 192 g/mol. The van der Waals surface area contributed by atoms with Crippen molar-refractivity contribution in [3.8, 4) is 0 Å². The Labute approximate surface area is 91.2 Å². The van der Waals surface area contributed by atoms with Gasteiger partial charge in [-0.05, 0) is 32.6 Å². The maximum Gasteiger partial charge on any atom is 0.306 e. The van der Waals surface area contributed by atoms with Crippen molar-refractivity contribution in [2.45, 2.75) is 46.5 Å². The molecule has 1 aliphatic rings. The fourth-order valence-electron chi connectivity index (χ4n) is 2.45. The molecule has 3 nitrogen and oxygen atoms in total. The summed E-state index contributed by atoms with van der Waals surface area (Å²) in [5, 5.41) is 0. The van der Waals surface area contributed by atoms with Gasteiger partial charge in [-0.15, -0.1) is 0 Å². The molecule has 0 N–H and O–H groups in total. The zero-order valence-corrected chi connectivity index (χ0v) is 9.84. The molecule has 0 heterocycles. The van der Waals surface area contributed by atoms with Crippen molar-refractivity contribution < 1.29 is 14.3 Å². The Hall–Kier alpha value is -0.860. The molecule has 1 saturated carbocycles. The first-order valence-corrected chi connectivity index (χ1v) is 5.67. The van der Waals surface area contributed by atoms with Gasteiger partial charge in [0.15, 0.2) is 0 Å². The van der Waals surface area contributed by atoms with Gasteiger partial charge in [-0.1, -0.05) is 13.3 Å². The number of rotatable bonds is 4. The van der Waals surface area contributed by atoms with Gasteiger partial charge in [-0.25, -0.2) is 0 Å². The van der Waals surface area contributed by atoms with Gasteiger partial charge >= 0.3 is 5.97 Å². The average molecular weight is 212 g/mol. The third-order valence-electron chi connectivity index (χ3n) is 3.67. The number of ketones is 1. The second-order valence-corrected chi connectivity index (χ2v) is 4.57. The molecule has 0 aliphatic heterocycles. The van der Waals surface area contributed by atoms with E-state index < -0.39 is 0 Å². The van der Waals surface area contributed by atoms with Crippen LogP contribution in [0.1, 0.15) is 46.5 Å². The van der Waals surface area contributed by atoms with Gasteiger partial charge < -0.3 is 4.74 Å². The molecule has 15 heavy (non-hydrogen) atoms. The lowest BCUT2D eigenvalue weighted by molar-refractivity contribution is -0.145. The molecule has 0 aromatic heterocycles. The highest BCUT2D eigenvalue weighted by atomic mass is 16.5. The molecule has 0 saturated heterocycles. The summed E-state index contributed by atoms with van der Waals surface area (Å²) in [6.45, 7) is 5.83. The third-order valence-corrected chi connectivity index (χ3v) is 3.67. The fraction of sp³-hybridized carbons (Fsp3) is 0.833. The van der Waals surface area contributed by atoms with Crippen LogP contribution in [0.3, 0.4) is 0 Å². The minimum Gasteiger partial charge on any atom is -0.466 e. The van der Waals surface area contributed by atoms with Gasteiger partial charge in [0.2, 0.25) is 0 Å². The maximum absolute atomic E-state index is 11.6. The van der Waals surface area contributed by atoms with Crippen LogP contribution in [0.5, 0.6) is 0 Å². The molecule has 86 valence electrons. The van der Waals surface area contributed by atoms with Crippen molar-refractivity contribution in [2.24, 2.45) is 11.3 Å². The van der Waals surface area contributed by atoms with Crippen molar-refractivity contribution >= 4 is 11.8 Å². The molecule has 0 bridgehead atoms. The molecule has 1 rings (SSSR count). The SMILES string of the molecule is CCOC(=O)C[C@H]1CCC[C@]1(C)C(C)=O. The predicted octanol–water partition coefficient (Wildman–Crippen LogP) is 2.33. The Morgan fingerprint density at radius 2 is 2.13 bits per heavy atom. The number of carbonyl (C=O) groups is 2. The fourth-order valence-corrected chi connectivity index (χ4v) is 2.45. The van der Waals surface area contributed by atoms with E-state index in [1.807, 2.05) is 6.92 Å². The van der Waals surface area contributed by atoms with Gasteiger partial charge in [-0.2, -0.15) is 0 Å². The Morgan fingerprint density at radius 3 is 2.67 bits per heavy atom. The van der Waals surface area contributed by atoms with Crippen LogP contribution in [0.2, 0.25) is 0 Å². The number of esters is 1. The molecule has 0 spiro atoms. The molecule has 0 unspecified atom stereocenters. The van der Waals surface area contributed by atoms with Gasteiger partial charge in [0.05, 0.1) is 6.61 Å². The van der Waals surface area contributed by atoms with Crippen LogP contribution in [-0.4, -0.2) is 18.4 Å². The maximum atomic E-state index is 11.6. The first kappa shape index (κ1) is 12.2. The van der Waals surface area contributed by atoms with Crippen molar-refractivity contribution in [3.05, 3.63) is 0 Å². The summed E-state index contributed by atoms with van der Waals surface area (Å²) in [6.07, 6.45) is 3.31. The minimum atomic E-state index is -0.299. The van der Waals surface area contributed by atoms with Crippen LogP contribution in [0.15, 0.2) is 0 Å². The molecule has 3 heteroatoms. The van der Waals surface area contributed by atoms with Crippen LogP contribution in [0, 0.1) is 11.3 Å². The number of hydrogen-bond acceptors (Lipinski definition) is 3. The highest BCUT2D eigenvalue weighted by Gasteiger charge is 2.43. The summed E-state index contributed by atoms with van der Waals surface area (Å²) in [7, 11) is 0. The van der Waals surface area contributed by atoms with Gasteiger partial charge in [-0.3, -0.25) is 9.59 Å². The molecule has 0 amide bonds. The van der Waals surface area contributed by atoms with Crippen molar-refractivity contribution in [1.29, 1.82) is 0 Å². The van der Waals surface area contributed by atoms with E-state index in [0.29, 0.717) is 13.0 Å². The van der Waals surface area contributed by atoms with Crippen LogP contribution >= 0.6 is 0 Å². The highest BCUT2D eigenvalue weighted by molar-refractivity contribution is 5.83. The number of hydrogen-bond donors (Lipinski definition) is 0. The van der Waals surface area contributed by atoms with E-state index in [-0.39, 0.29) is 23.1 Å². The van der Waals surface area contributed by atoms with Crippen molar-refractivity contribution in [2.75, 3.05) is 6.61 Å². The van der Waals surface area contributed by atoms with E-state index in [4.69, 9.17) is 4.74 Å². The van der Waals surface area contributed by atoms with E-state index in [9.17, 15) is 9.59 Å². The third kappa shape index (κ3) is 2.58. The molecule has 1 fully saturated rings.